The summed E-state index contributed by atoms with van der Waals surface area (Å²) in [5.74, 6) is 0. The summed E-state index contributed by atoms with van der Waals surface area (Å²) in [4.78, 5) is 4.15. The van der Waals surface area contributed by atoms with Crippen LogP contribution in [0.5, 0.6) is 0 Å². The third kappa shape index (κ3) is 2.45. The van der Waals surface area contributed by atoms with Crippen LogP contribution in [0.1, 0.15) is 24.1 Å². The summed E-state index contributed by atoms with van der Waals surface area (Å²) in [5.41, 5.74) is 0.0136. The van der Waals surface area contributed by atoms with Crippen LogP contribution >= 0.6 is 0 Å². The molecule has 0 amide bonds. The number of nitrogens with zero attached hydrogens (tertiary/aromatic N) is 2. The summed E-state index contributed by atoms with van der Waals surface area (Å²) in [6, 6.07) is 2.80. The lowest BCUT2D eigenvalue weighted by Gasteiger charge is -2.07. The van der Waals surface area contributed by atoms with Crippen molar-refractivity contribution in [3.63, 3.8) is 0 Å². The van der Waals surface area contributed by atoms with E-state index in [9.17, 15) is 13.2 Å². The molecule has 1 N–H and O–H groups in total. The molecule has 3 rings (SSSR count). The van der Waals surface area contributed by atoms with E-state index in [1.54, 1.807) is 12.4 Å². The lowest BCUT2D eigenvalue weighted by Crippen LogP contribution is -2.23. The number of fused-ring (bicyclic) bond motifs is 1. The Bertz CT molecular complexity index is 582. The smallest absolute Gasteiger partial charge is 0.314 e. The average molecular weight is 269 g/mol. The third-order valence-electron chi connectivity index (χ3n) is 3.46. The van der Waals surface area contributed by atoms with E-state index in [0.717, 1.165) is 25.5 Å². The molecule has 6 heteroatoms. The van der Waals surface area contributed by atoms with E-state index >= 15 is 0 Å². The zero-order valence-corrected chi connectivity index (χ0v) is 10.2. The highest BCUT2D eigenvalue weighted by Gasteiger charge is 2.33. The van der Waals surface area contributed by atoms with Gasteiger partial charge >= 0.3 is 6.18 Å². The normalized spacial score (nSPS) is 20.3. The maximum atomic E-state index is 12.9. The molecule has 102 valence electrons. The van der Waals surface area contributed by atoms with Crippen molar-refractivity contribution in [1.29, 1.82) is 0 Å². The number of hydrogen-bond donors (Lipinski definition) is 1. The van der Waals surface area contributed by atoms with Gasteiger partial charge in [0.05, 0.1) is 11.3 Å². The average Bonchev–Trinajstić information content (AvgIpc) is 2.95. The van der Waals surface area contributed by atoms with E-state index in [-0.39, 0.29) is 5.65 Å². The Morgan fingerprint density at radius 2 is 2.26 bits per heavy atom. The molecule has 0 saturated carbocycles. The van der Waals surface area contributed by atoms with Crippen molar-refractivity contribution in [2.24, 2.45) is 0 Å². The van der Waals surface area contributed by atoms with Crippen molar-refractivity contribution >= 4 is 5.65 Å². The largest absolute Gasteiger partial charge is 0.419 e. The molecule has 0 aromatic carbocycles. The van der Waals surface area contributed by atoms with Gasteiger partial charge in [-0.1, -0.05) is 0 Å². The van der Waals surface area contributed by atoms with Crippen molar-refractivity contribution in [1.82, 2.24) is 14.7 Å². The Morgan fingerprint density at radius 3 is 2.95 bits per heavy atom. The van der Waals surface area contributed by atoms with Gasteiger partial charge in [0.15, 0.2) is 0 Å². The predicted octanol–water partition coefficient (Wildman–Crippen LogP) is 2.65. The summed E-state index contributed by atoms with van der Waals surface area (Å²) < 4.78 is 40.1. The van der Waals surface area contributed by atoms with Gasteiger partial charge in [-0.2, -0.15) is 13.2 Å². The van der Waals surface area contributed by atoms with Crippen molar-refractivity contribution in [2.45, 2.75) is 31.5 Å². The van der Waals surface area contributed by atoms with Gasteiger partial charge in [0.25, 0.3) is 0 Å². The van der Waals surface area contributed by atoms with Gasteiger partial charge in [-0.15, -0.1) is 0 Å². The molecule has 2 aromatic heterocycles. The van der Waals surface area contributed by atoms with Crippen LogP contribution in [0, 0.1) is 0 Å². The number of pyridine rings is 1. The quantitative estimate of drug-likeness (QED) is 0.908. The first-order valence-electron chi connectivity index (χ1n) is 6.31. The Hall–Kier alpha value is -1.56. The first-order valence-corrected chi connectivity index (χ1v) is 6.31. The molecule has 1 fully saturated rings. The highest BCUT2D eigenvalue weighted by Crippen LogP contribution is 2.32. The number of hydrogen-bond acceptors (Lipinski definition) is 2. The van der Waals surface area contributed by atoms with E-state index in [0.29, 0.717) is 18.2 Å². The lowest BCUT2D eigenvalue weighted by molar-refractivity contribution is -0.136. The Labute approximate surface area is 108 Å². The van der Waals surface area contributed by atoms with Crippen molar-refractivity contribution < 1.29 is 13.2 Å². The van der Waals surface area contributed by atoms with E-state index < -0.39 is 11.7 Å². The number of alkyl halides is 3. The van der Waals surface area contributed by atoms with Gasteiger partial charge in [-0.05, 0) is 31.5 Å². The zero-order valence-electron chi connectivity index (χ0n) is 10.2. The van der Waals surface area contributed by atoms with Gasteiger partial charge in [-0.25, -0.2) is 4.98 Å². The van der Waals surface area contributed by atoms with Gasteiger partial charge in [0, 0.05) is 24.9 Å². The summed E-state index contributed by atoms with van der Waals surface area (Å²) >= 11 is 0. The predicted molar refractivity (Wildman–Crippen MR) is 64.9 cm³/mol. The van der Waals surface area contributed by atoms with E-state index in [2.05, 4.69) is 10.3 Å². The standard InChI is InChI=1S/C13H14F3N3/c14-13(15,16)11-4-2-6-19-8-10(18-12(11)19)7-9-3-1-5-17-9/h2,4,6,8-9,17H,1,3,5,7H2. The van der Waals surface area contributed by atoms with Crippen LogP contribution in [-0.4, -0.2) is 22.0 Å². The third-order valence-corrected chi connectivity index (χ3v) is 3.46. The Balaban J connectivity index is 1.96. The monoisotopic (exact) mass is 269 g/mol. The van der Waals surface area contributed by atoms with Crippen molar-refractivity contribution in [3.05, 3.63) is 35.8 Å². The molecule has 3 nitrogen and oxygen atoms in total. The summed E-state index contributed by atoms with van der Waals surface area (Å²) in [6.45, 7) is 0.978. The van der Waals surface area contributed by atoms with Gasteiger partial charge in [0.1, 0.15) is 5.65 Å². The highest BCUT2D eigenvalue weighted by atomic mass is 19.4. The molecule has 1 aliphatic rings. The van der Waals surface area contributed by atoms with Gasteiger partial charge in [0.2, 0.25) is 0 Å². The van der Waals surface area contributed by atoms with Crippen LogP contribution in [0.3, 0.4) is 0 Å². The minimum atomic E-state index is -4.36. The van der Waals surface area contributed by atoms with Crippen molar-refractivity contribution in [2.75, 3.05) is 6.54 Å². The molecule has 3 heterocycles. The highest BCUT2D eigenvalue weighted by molar-refractivity contribution is 5.50. The summed E-state index contributed by atoms with van der Waals surface area (Å²) in [5, 5.41) is 3.32. The molecule has 1 atom stereocenters. The molecule has 0 bridgehead atoms. The minimum absolute atomic E-state index is 0.0111. The summed E-state index contributed by atoms with van der Waals surface area (Å²) in [7, 11) is 0. The second-order valence-corrected chi connectivity index (χ2v) is 4.88. The SMILES string of the molecule is FC(F)(F)c1cccn2cc(CC3CCCN3)nc12. The molecular formula is C13H14F3N3. The molecule has 1 saturated heterocycles. The van der Waals surface area contributed by atoms with Crippen LogP contribution < -0.4 is 5.32 Å². The fraction of sp³-hybridized carbons (Fsp3) is 0.462. The molecule has 2 aromatic rings. The lowest BCUT2D eigenvalue weighted by atomic mass is 10.1. The fourth-order valence-corrected chi connectivity index (χ4v) is 2.57. The van der Waals surface area contributed by atoms with E-state index in [1.807, 2.05) is 0 Å². The van der Waals surface area contributed by atoms with Gasteiger partial charge in [-0.3, -0.25) is 0 Å². The maximum Gasteiger partial charge on any atom is 0.419 e. The van der Waals surface area contributed by atoms with Crippen LogP contribution in [0.25, 0.3) is 5.65 Å². The summed E-state index contributed by atoms with van der Waals surface area (Å²) in [6.07, 6.45) is 1.77. The molecule has 19 heavy (non-hydrogen) atoms. The topological polar surface area (TPSA) is 29.3 Å². The molecule has 0 spiro atoms. The second-order valence-electron chi connectivity index (χ2n) is 4.88. The molecular weight excluding hydrogens is 255 g/mol. The van der Waals surface area contributed by atoms with Crippen LogP contribution in [0.4, 0.5) is 13.2 Å². The Kier molecular flexibility index (Phi) is 2.97. The first-order chi connectivity index (χ1) is 9.04. The molecule has 1 unspecified atom stereocenters. The van der Waals surface area contributed by atoms with Gasteiger partial charge < -0.3 is 9.72 Å². The number of halogens is 3. The van der Waals surface area contributed by atoms with E-state index in [1.165, 1.54) is 10.5 Å². The number of rotatable bonds is 2. The number of aromatic nitrogens is 2. The molecule has 0 aliphatic carbocycles. The Morgan fingerprint density at radius 1 is 1.42 bits per heavy atom. The van der Waals surface area contributed by atoms with Crippen LogP contribution in [-0.2, 0) is 12.6 Å². The molecule has 1 aliphatic heterocycles. The number of imidazole rings is 1. The van der Waals surface area contributed by atoms with Crippen LogP contribution in [0.15, 0.2) is 24.5 Å². The fourth-order valence-electron chi connectivity index (χ4n) is 2.57. The number of nitrogens with one attached hydrogen (secondary N) is 1. The van der Waals surface area contributed by atoms with Crippen LogP contribution in [0.2, 0.25) is 0 Å². The minimum Gasteiger partial charge on any atom is -0.314 e. The molecule has 0 radical (unpaired) electrons. The second kappa shape index (κ2) is 4.52. The van der Waals surface area contributed by atoms with Crippen molar-refractivity contribution in [3.8, 4) is 0 Å². The zero-order chi connectivity index (χ0) is 13.5. The first kappa shape index (κ1) is 12.5. The van der Waals surface area contributed by atoms with E-state index in [4.69, 9.17) is 0 Å². The maximum absolute atomic E-state index is 12.9.